The fraction of sp³-hybridized carbons (Fsp3) is 0.529. The van der Waals surface area contributed by atoms with Crippen molar-refractivity contribution in [2.45, 2.75) is 18.3 Å². The molecule has 170 valence electrons. The van der Waals surface area contributed by atoms with Gasteiger partial charge in [0.15, 0.2) is 0 Å². The summed E-state index contributed by atoms with van der Waals surface area (Å²) in [4.78, 5) is 25.2. The van der Waals surface area contributed by atoms with Crippen LogP contribution in [0.25, 0.3) is 0 Å². The smallest absolute Gasteiger partial charge is 0.252 e. The van der Waals surface area contributed by atoms with E-state index in [2.05, 4.69) is 16.0 Å². The van der Waals surface area contributed by atoms with Crippen LogP contribution in [0.3, 0.4) is 0 Å². The predicted octanol–water partition coefficient (Wildman–Crippen LogP) is -2.17. The number of anilines is 1. The van der Waals surface area contributed by atoms with Gasteiger partial charge in [-0.3, -0.25) is 9.59 Å². The fourth-order valence-corrected chi connectivity index (χ4v) is 4.39. The van der Waals surface area contributed by atoms with Crippen LogP contribution in [0, 0.1) is 7.14 Å². The summed E-state index contributed by atoms with van der Waals surface area (Å²) in [6, 6.07) is 1.35. The van der Waals surface area contributed by atoms with Gasteiger partial charge in [0.25, 0.3) is 11.8 Å². The van der Waals surface area contributed by atoms with Crippen molar-refractivity contribution in [3.05, 3.63) is 24.3 Å². The zero-order valence-corrected chi connectivity index (χ0v) is 20.1. The van der Waals surface area contributed by atoms with E-state index < -0.39 is 49.9 Å². The van der Waals surface area contributed by atoms with Crippen molar-refractivity contribution in [2.75, 3.05) is 44.8 Å². The summed E-state index contributed by atoms with van der Waals surface area (Å²) in [5, 5.41) is 63.1. The Morgan fingerprint density at radius 2 is 1.13 bits per heavy atom. The molecule has 0 aliphatic carbocycles. The minimum absolute atomic E-state index is 0.0406. The molecule has 0 bridgehead atoms. The summed E-state index contributed by atoms with van der Waals surface area (Å²) >= 11 is 3.79. The minimum atomic E-state index is -1.14. The second-order valence-electron chi connectivity index (χ2n) is 6.28. The van der Waals surface area contributed by atoms with Crippen molar-refractivity contribution in [3.63, 3.8) is 0 Å². The predicted molar refractivity (Wildman–Crippen MR) is 124 cm³/mol. The third-order valence-corrected chi connectivity index (χ3v) is 6.07. The van der Waals surface area contributed by atoms with Gasteiger partial charge in [0.05, 0.1) is 62.1 Å². The summed E-state index contributed by atoms with van der Waals surface area (Å²) < 4.78 is 0.871. The second-order valence-corrected chi connectivity index (χ2v) is 8.44. The van der Waals surface area contributed by atoms with E-state index in [-0.39, 0.29) is 30.8 Å². The van der Waals surface area contributed by atoms with Crippen LogP contribution in [-0.4, -0.2) is 100 Å². The van der Waals surface area contributed by atoms with Gasteiger partial charge in [0, 0.05) is 19.6 Å². The van der Waals surface area contributed by atoms with Crippen LogP contribution in [0.4, 0.5) is 5.69 Å². The molecule has 0 saturated carbocycles. The zero-order valence-electron chi connectivity index (χ0n) is 15.8. The molecule has 0 spiro atoms. The van der Waals surface area contributed by atoms with Crippen LogP contribution in [0.15, 0.2) is 6.07 Å². The lowest BCUT2D eigenvalue weighted by atomic mass is 10.1. The van der Waals surface area contributed by atoms with Gasteiger partial charge in [-0.25, -0.2) is 0 Å². The number of aliphatic hydroxyl groups excluding tert-OH is 6. The molecule has 30 heavy (non-hydrogen) atoms. The lowest BCUT2D eigenvalue weighted by molar-refractivity contribution is 0.0799. The summed E-state index contributed by atoms with van der Waals surface area (Å²) in [6.45, 7) is -1.98. The van der Waals surface area contributed by atoms with E-state index in [0.717, 1.165) is 0 Å². The molecule has 13 heteroatoms. The molecule has 11 nitrogen and oxygen atoms in total. The molecule has 2 amide bonds. The Morgan fingerprint density at radius 1 is 0.767 bits per heavy atom. The zero-order chi connectivity index (χ0) is 22.8. The van der Waals surface area contributed by atoms with Crippen LogP contribution in [0.5, 0.6) is 0 Å². The first-order valence-corrected chi connectivity index (χ1v) is 11.0. The first kappa shape index (κ1) is 27.2. The highest BCUT2D eigenvalue weighted by Gasteiger charge is 2.23. The van der Waals surface area contributed by atoms with Gasteiger partial charge in [0.1, 0.15) is 0 Å². The summed E-state index contributed by atoms with van der Waals surface area (Å²) in [5.74, 6) is -1.20. The Kier molecular flexibility index (Phi) is 12.3. The highest BCUT2D eigenvalue weighted by atomic mass is 127. The molecule has 0 aliphatic rings. The van der Waals surface area contributed by atoms with Crippen LogP contribution in [0.2, 0.25) is 0 Å². The maximum absolute atomic E-state index is 12.6. The summed E-state index contributed by atoms with van der Waals surface area (Å²) in [6.07, 6.45) is -3.35. The molecular weight excluding hydrogens is 628 g/mol. The molecule has 0 fully saturated rings. The number of amides is 2. The Bertz CT molecular complexity index is 687. The second kappa shape index (κ2) is 13.6. The van der Waals surface area contributed by atoms with Crippen molar-refractivity contribution < 1.29 is 40.2 Å². The number of benzene rings is 1. The van der Waals surface area contributed by atoms with Crippen LogP contribution < -0.4 is 16.0 Å². The first-order chi connectivity index (χ1) is 14.2. The minimum Gasteiger partial charge on any atom is -0.394 e. The van der Waals surface area contributed by atoms with Gasteiger partial charge >= 0.3 is 0 Å². The van der Waals surface area contributed by atoms with Crippen molar-refractivity contribution in [2.24, 2.45) is 0 Å². The quantitative estimate of drug-likeness (QED) is 0.113. The Hall–Kier alpha value is -0.820. The number of nitrogens with one attached hydrogen (secondary N) is 3. The average molecular weight is 653 g/mol. The molecule has 0 heterocycles. The largest absolute Gasteiger partial charge is 0.394 e. The molecule has 1 rings (SSSR count). The Labute approximate surface area is 200 Å². The van der Waals surface area contributed by atoms with E-state index in [1.165, 1.54) is 6.07 Å². The number of aliphatic hydroxyl groups is 6. The average Bonchev–Trinajstić information content (AvgIpc) is 2.74. The third kappa shape index (κ3) is 8.03. The van der Waals surface area contributed by atoms with Gasteiger partial charge in [0.2, 0.25) is 0 Å². The summed E-state index contributed by atoms with van der Waals surface area (Å²) in [7, 11) is 0. The van der Waals surface area contributed by atoms with E-state index in [0.29, 0.717) is 12.8 Å². The number of rotatable bonds is 12. The Balaban J connectivity index is 3.27. The Morgan fingerprint density at radius 3 is 1.50 bits per heavy atom. The molecule has 1 aromatic rings. The van der Waals surface area contributed by atoms with E-state index in [4.69, 9.17) is 15.3 Å². The fourth-order valence-electron chi connectivity index (χ4n) is 2.15. The molecule has 3 atom stereocenters. The highest BCUT2D eigenvalue weighted by Crippen LogP contribution is 2.31. The molecule has 9 N–H and O–H groups in total. The molecule has 1 aromatic carbocycles. The molecule has 0 aliphatic heterocycles. The maximum Gasteiger partial charge on any atom is 0.252 e. The van der Waals surface area contributed by atoms with E-state index in [1.54, 1.807) is 0 Å². The van der Waals surface area contributed by atoms with Gasteiger partial charge in [-0.2, -0.15) is 0 Å². The van der Waals surface area contributed by atoms with Crippen LogP contribution >= 0.6 is 45.2 Å². The SMILES string of the molecule is O=C(NCC(O)CO)c1cc(C(=O)NCC(O)CO)c(I)c(NCC(O)CO)c1I. The van der Waals surface area contributed by atoms with Crippen LogP contribution in [0.1, 0.15) is 20.7 Å². The van der Waals surface area contributed by atoms with E-state index >= 15 is 0 Å². The monoisotopic (exact) mass is 653 g/mol. The number of halogens is 2. The van der Waals surface area contributed by atoms with Crippen LogP contribution in [-0.2, 0) is 0 Å². The maximum atomic E-state index is 12.6. The van der Waals surface area contributed by atoms with Gasteiger partial charge in [-0.1, -0.05) is 0 Å². The molecule has 0 saturated heterocycles. The van der Waals surface area contributed by atoms with Gasteiger partial charge < -0.3 is 46.6 Å². The van der Waals surface area contributed by atoms with Gasteiger partial charge in [-0.15, -0.1) is 0 Å². The molecular formula is C17H25I2N3O8. The molecule has 0 radical (unpaired) electrons. The summed E-state index contributed by atoms with van der Waals surface area (Å²) in [5.41, 5.74) is 0.594. The number of carbonyl (C=O) groups is 2. The lowest BCUT2D eigenvalue weighted by Gasteiger charge is -2.19. The number of hydrogen-bond donors (Lipinski definition) is 9. The highest BCUT2D eigenvalue weighted by molar-refractivity contribution is 14.1. The van der Waals surface area contributed by atoms with Crippen molar-refractivity contribution >= 4 is 62.7 Å². The van der Waals surface area contributed by atoms with E-state index in [1.807, 2.05) is 45.2 Å². The van der Waals surface area contributed by atoms with Crippen molar-refractivity contribution in [1.29, 1.82) is 0 Å². The molecule has 3 unspecified atom stereocenters. The number of hydrogen-bond acceptors (Lipinski definition) is 9. The first-order valence-electron chi connectivity index (χ1n) is 8.85. The lowest BCUT2D eigenvalue weighted by Crippen LogP contribution is -2.36. The normalized spacial score (nSPS) is 14.0. The molecule has 0 aromatic heterocycles. The van der Waals surface area contributed by atoms with E-state index in [9.17, 15) is 24.9 Å². The topological polar surface area (TPSA) is 192 Å². The third-order valence-electron chi connectivity index (χ3n) is 3.83. The number of carbonyl (C=O) groups excluding carboxylic acids is 2. The standard InChI is InChI=1S/C17H25I2N3O8/c18-13-11(16(29)21-3-9(27)6-24)1-12(17(30)22-4-10(28)7-25)14(19)15(13)20-2-8(26)5-23/h1,8-10,20,23-28H,2-7H2,(H,21,29)(H,22,30). The van der Waals surface area contributed by atoms with Crippen molar-refractivity contribution in [1.82, 2.24) is 10.6 Å². The van der Waals surface area contributed by atoms with Crippen molar-refractivity contribution in [3.8, 4) is 0 Å². The van der Waals surface area contributed by atoms with Gasteiger partial charge in [-0.05, 0) is 51.2 Å².